The topological polar surface area (TPSA) is 47.6 Å². The summed E-state index contributed by atoms with van der Waals surface area (Å²) in [6.07, 6.45) is 0. The van der Waals surface area contributed by atoms with Crippen molar-refractivity contribution in [2.24, 2.45) is 0 Å². The molecule has 0 saturated heterocycles. The zero-order valence-electron chi connectivity index (χ0n) is 14.5. The van der Waals surface area contributed by atoms with Crippen molar-refractivity contribution in [3.05, 3.63) is 87.5 Å². The van der Waals surface area contributed by atoms with Gasteiger partial charge in [-0.1, -0.05) is 36.4 Å². The van der Waals surface area contributed by atoms with Gasteiger partial charge in [0, 0.05) is 3.57 Å². The molecule has 0 heterocycles. The molecular formula is C20H19INO3P. The van der Waals surface area contributed by atoms with E-state index in [4.69, 9.17) is 9.05 Å². The highest BCUT2D eigenvalue weighted by atomic mass is 127. The van der Waals surface area contributed by atoms with E-state index in [0.29, 0.717) is 17.2 Å². The second-order valence-electron chi connectivity index (χ2n) is 5.90. The molecule has 6 heteroatoms. The molecular weight excluding hydrogens is 460 g/mol. The predicted molar refractivity (Wildman–Crippen MR) is 114 cm³/mol. The Balaban J connectivity index is 1.94. The predicted octanol–water partition coefficient (Wildman–Crippen LogP) is 6.59. The summed E-state index contributed by atoms with van der Waals surface area (Å²) in [6, 6.07) is 22.3. The minimum absolute atomic E-state index is 0.486. The minimum atomic E-state index is -3.71. The fraction of sp³-hybridized carbons (Fsp3) is 0.100. The van der Waals surface area contributed by atoms with Crippen LogP contribution in [-0.4, -0.2) is 0 Å². The van der Waals surface area contributed by atoms with Crippen molar-refractivity contribution in [1.29, 1.82) is 0 Å². The highest BCUT2D eigenvalue weighted by Gasteiger charge is 2.30. The number of rotatable bonds is 6. The van der Waals surface area contributed by atoms with Crippen molar-refractivity contribution in [2.45, 2.75) is 13.8 Å². The maximum atomic E-state index is 13.5. The quantitative estimate of drug-likeness (QED) is 0.320. The molecule has 26 heavy (non-hydrogen) atoms. The maximum absolute atomic E-state index is 13.5. The van der Waals surface area contributed by atoms with Gasteiger partial charge in [-0.05, 0) is 84.0 Å². The van der Waals surface area contributed by atoms with E-state index >= 15 is 0 Å². The highest BCUT2D eigenvalue weighted by molar-refractivity contribution is 14.1. The fourth-order valence-electron chi connectivity index (χ4n) is 2.39. The van der Waals surface area contributed by atoms with Crippen LogP contribution in [0.4, 0.5) is 5.69 Å². The number of hydrogen-bond acceptors (Lipinski definition) is 3. The third kappa shape index (κ3) is 5.02. The summed E-state index contributed by atoms with van der Waals surface area (Å²) < 4.78 is 26.1. The average Bonchev–Trinajstić information content (AvgIpc) is 2.57. The zero-order valence-corrected chi connectivity index (χ0v) is 17.5. The van der Waals surface area contributed by atoms with Gasteiger partial charge in [0.05, 0.1) is 5.69 Å². The first kappa shape index (κ1) is 18.8. The Morgan fingerprint density at radius 3 is 1.85 bits per heavy atom. The van der Waals surface area contributed by atoms with Gasteiger partial charge in [0.15, 0.2) is 0 Å². The van der Waals surface area contributed by atoms with Gasteiger partial charge in [-0.2, -0.15) is 0 Å². The largest absolute Gasteiger partial charge is 0.541 e. The minimum Gasteiger partial charge on any atom is -0.400 e. The Hall–Kier alpha value is -1.98. The van der Waals surface area contributed by atoms with Crippen LogP contribution in [0.5, 0.6) is 11.5 Å². The van der Waals surface area contributed by atoms with E-state index in [1.54, 1.807) is 12.1 Å². The molecule has 0 saturated carbocycles. The molecule has 0 aliphatic carbocycles. The van der Waals surface area contributed by atoms with Crippen LogP contribution in [0.3, 0.4) is 0 Å². The lowest BCUT2D eigenvalue weighted by Crippen LogP contribution is -2.10. The van der Waals surface area contributed by atoms with Crippen LogP contribution in [-0.2, 0) is 4.57 Å². The summed E-state index contributed by atoms with van der Waals surface area (Å²) in [5, 5.41) is 2.96. The van der Waals surface area contributed by atoms with E-state index in [0.717, 1.165) is 14.7 Å². The van der Waals surface area contributed by atoms with Crippen molar-refractivity contribution < 1.29 is 13.6 Å². The molecule has 0 spiro atoms. The number of halogens is 1. The van der Waals surface area contributed by atoms with Gasteiger partial charge < -0.3 is 9.05 Å². The SMILES string of the molecule is Cc1cccc(OP(=O)(Nc2ccccc2I)Oc2cccc(C)c2)c1. The average molecular weight is 479 g/mol. The van der Waals surface area contributed by atoms with Crippen LogP contribution >= 0.6 is 30.3 Å². The number of anilines is 1. The lowest BCUT2D eigenvalue weighted by Gasteiger charge is -2.22. The molecule has 3 rings (SSSR count). The second kappa shape index (κ2) is 8.14. The van der Waals surface area contributed by atoms with Crippen LogP contribution < -0.4 is 14.1 Å². The van der Waals surface area contributed by atoms with Crippen molar-refractivity contribution in [3.8, 4) is 11.5 Å². The molecule has 0 radical (unpaired) electrons. The molecule has 0 fully saturated rings. The van der Waals surface area contributed by atoms with Crippen molar-refractivity contribution >= 4 is 36.0 Å². The zero-order chi connectivity index (χ0) is 18.6. The lowest BCUT2D eigenvalue weighted by molar-refractivity contribution is 0.392. The summed E-state index contributed by atoms with van der Waals surface area (Å²) in [5.74, 6) is 0.971. The molecule has 1 N–H and O–H groups in total. The third-order valence-electron chi connectivity index (χ3n) is 3.56. The van der Waals surface area contributed by atoms with E-state index in [2.05, 4.69) is 27.7 Å². The summed E-state index contributed by atoms with van der Waals surface area (Å²) >= 11 is 2.18. The van der Waals surface area contributed by atoms with E-state index in [1.165, 1.54) is 0 Å². The van der Waals surface area contributed by atoms with Crippen LogP contribution in [0, 0.1) is 17.4 Å². The number of hydrogen-bond donors (Lipinski definition) is 1. The van der Waals surface area contributed by atoms with Crippen LogP contribution in [0.1, 0.15) is 11.1 Å². The number of benzene rings is 3. The first-order valence-electron chi connectivity index (χ1n) is 8.09. The van der Waals surface area contributed by atoms with Crippen LogP contribution in [0.25, 0.3) is 0 Å². The van der Waals surface area contributed by atoms with Crippen molar-refractivity contribution in [2.75, 3.05) is 5.09 Å². The smallest absolute Gasteiger partial charge is 0.400 e. The first-order valence-corrected chi connectivity index (χ1v) is 10.7. The van der Waals surface area contributed by atoms with E-state index < -0.39 is 7.75 Å². The summed E-state index contributed by atoms with van der Waals surface area (Å²) in [6.45, 7) is 3.90. The Morgan fingerprint density at radius 2 is 1.35 bits per heavy atom. The Kier molecular flexibility index (Phi) is 5.89. The lowest BCUT2D eigenvalue weighted by atomic mass is 10.2. The van der Waals surface area contributed by atoms with Crippen LogP contribution in [0.2, 0.25) is 0 Å². The monoisotopic (exact) mass is 479 g/mol. The third-order valence-corrected chi connectivity index (χ3v) is 5.92. The Bertz CT molecular complexity index is 910. The van der Waals surface area contributed by atoms with Gasteiger partial charge in [0.1, 0.15) is 11.5 Å². The maximum Gasteiger partial charge on any atom is 0.541 e. The molecule has 0 unspecified atom stereocenters. The Labute approximate surface area is 167 Å². The molecule has 0 aliphatic rings. The van der Waals surface area contributed by atoms with E-state index in [9.17, 15) is 4.57 Å². The molecule has 0 amide bonds. The van der Waals surface area contributed by atoms with Crippen molar-refractivity contribution in [1.82, 2.24) is 0 Å². The standard InChI is InChI=1S/C20H19INO3P/c1-15-7-5-9-17(13-15)24-26(23,22-20-12-4-3-11-19(20)21)25-18-10-6-8-16(2)14-18/h3-14H,1-2H3,(H,22,23). The summed E-state index contributed by atoms with van der Waals surface area (Å²) in [4.78, 5) is 0. The highest BCUT2D eigenvalue weighted by Crippen LogP contribution is 2.49. The van der Waals surface area contributed by atoms with Gasteiger partial charge in [0.2, 0.25) is 0 Å². The summed E-state index contributed by atoms with van der Waals surface area (Å²) in [7, 11) is -3.71. The first-order chi connectivity index (χ1) is 12.4. The molecule has 0 aromatic heterocycles. The fourth-order valence-corrected chi connectivity index (χ4v) is 4.52. The molecule has 0 atom stereocenters. The Morgan fingerprint density at radius 1 is 0.808 bits per heavy atom. The molecule has 134 valence electrons. The summed E-state index contributed by atoms with van der Waals surface area (Å²) in [5.41, 5.74) is 2.72. The van der Waals surface area contributed by atoms with E-state index in [-0.39, 0.29) is 0 Å². The normalized spacial score (nSPS) is 11.0. The number of aryl methyl sites for hydroxylation is 2. The van der Waals surface area contributed by atoms with Gasteiger partial charge >= 0.3 is 7.75 Å². The molecule has 0 bridgehead atoms. The molecule has 3 aromatic rings. The van der Waals surface area contributed by atoms with E-state index in [1.807, 2.05) is 74.5 Å². The van der Waals surface area contributed by atoms with Gasteiger partial charge in [0.25, 0.3) is 0 Å². The van der Waals surface area contributed by atoms with Gasteiger partial charge in [-0.3, -0.25) is 5.09 Å². The van der Waals surface area contributed by atoms with Crippen LogP contribution in [0.15, 0.2) is 72.8 Å². The van der Waals surface area contributed by atoms with Gasteiger partial charge in [-0.25, -0.2) is 4.57 Å². The molecule has 3 aromatic carbocycles. The van der Waals surface area contributed by atoms with Crippen molar-refractivity contribution in [3.63, 3.8) is 0 Å². The number of para-hydroxylation sites is 1. The van der Waals surface area contributed by atoms with Gasteiger partial charge in [-0.15, -0.1) is 0 Å². The second-order valence-corrected chi connectivity index (χ2v) is 8.65. The molecule has 0 aliphatic heterocycles. The molecule has 4 nitrogen and oxygen atoms in total. The number of nitrogens with one attached hydrogen (secondary N) is 1.